The SMILES string of the molecule is CS(=O)(=O)O.NCc1cc2ccccc2[nH]1. The number of benzene rings is 1. The number of hydrogen-bond donors (Lipinski definition) is 3. The molecule has 1 aromatic heterocycles. The van der Waals surface area contributed by atoms with Crippen LogP contribution in [0.5, 0.6) is 0 Å². The summed E-state index contributed by atoms with van der Waals surface area (Å²) in [6.45, 7) is 0.578. The Balaban J connectivity index is 0.000000221. The fourth-order valence-corrected chi connectivity index (χ4v) is 1.24. The lowest BCUT2D eigenvalue weighted by molar-refractivity contribution is 0.490. The van der Waals surface area contributed by atoms with Gasteiger partial charge >= 0.3 is 0 Å². The Morgan fingerprint density at radius 1 is 1.38 bits per heavy atom. The molecule has 0 saturated carbocycles. The summed E-state index contributed by atoms with van der Waals surface area (Å²) >= 11 is 0. The van der Waals surface area contributed by atoms with Crippen molar-refractivity contribution in [2.24, 2.45) is 5.73 Å². The maximum Gasteiger partial charge on any atom is 0.261 e. The van der Waals surface area contributed by atoms with Crippen molar-refractivity contribution >= 4 is 21.0 Å². The van der Waals surface area contributed by atoms with E-state index in [9.17, 15) is 8.42 Å². The molecule has 0 saturated heterocycles. The highest BCUT2D eigenvalue weighted by atomic mass is 32.2. The smallest absolute Gasteiger partial charge is 0.261 e. The van der Waals surface area contributed by atoms with Crippen LogP contribution in [-0.2, 0) is 16.7 Å². The zero-order chi connectivity index (χ0) is 12.2. The van der Waals surface area contributed by atoms with Gasteiger partial charge in [-0.2, -0.15) is 8.42 Å². The van der Waals surface area contributed by atoms with E-state index in [4.69, 9.17) is 10.3 Å². The van der Waals surface area contributed by atoms with E-state index >= 15 is 0 Å². The molecule has 16 heavy (non-hydrogen) atoms. The number of hydrogen-bond acceptors (Lipinski definition) is 3. The molecule has 0 bridgehead atoms. The summed E-state index contributed by atoms with van der Waals surface area (Å²) < 4.78 is 25.9. The molecule has 2 aromatic rings. The summed E-state index contributed by atoms with van der Waals surface area (Å²) in [6.07, 6.45) is 0.715. The van der Waals surface area contributed by atoms with Crippen LogP contribution in [0.2, 0.25) is 0 Å². The first-order valence-electron chi connectivity index (χ1n) is 4.59. The molecule has 0 aliphatic carbocycles. The van der Waals surface area contributed by atoms with Gasteiger partial charge in [0.2, 0.25) is 0 Å². The van der Waals surface area contributed by atoms with Crippen LogP contribution in [0.25, 0.3) is 10.9 Å². The number of H-pyrrole nitrogens is 1. The van der Waals surface area contributed by atoms with Crippen molar-refractivity contribution in [1.82, 2.24) is 4.98 Å². The van der Waals surface area contributed by atoms with Crippen LogP contribution in [0.15, 0.2) is 30.3 Å². The van der Waals surface area contributed by atoms with Gasteiger partial charge in [0.25, 0.3) is 10.1 Å². The van der Waals surface area contributed by atoms with E-state index in [1.165, 1.54) is 5.39 Å². The molecular formula is C10H14N2O3S. The average molecular weight is 242 g/mol. The first kappa shape index (κ1) is 12.7. The van der Waals surface area contributed by atoms with Gasteiger partial charge in [-0.1, -0.05) is 18.2 Å². The van der Waals surface area contributed by atoms with Crippen LogP contribution >= 0.6 is 0 Å². The van der Waals surface area contributed by atoms with Crippen LogP contribution in [0.1, 0.15) is 5.69 Å². The van der Waals surface area contributed by atoms with Crippen molar-refractivity contribution in [2.45, 2.75) is 6.54 Å². The molecule has 0 aliphatic rings. The van der Waals surface area contributed by atoms with Gasteiger partial charge in [-0.05, 0) is 17.5 Å². The summed E-state index contributed by atoms with van der Waals surface area (Å²) in [5, 5.41) is 1.23. The largest absolute Gasteiger partial charge is 0.357 e. The van der Waals surface area contributed by atoms with Gasteiger partial charge in [0.1, 0.15) is 0 Å². The molecular weight excluding hydrogens is 228 g/mol. The number of para-hydroxylation sites is 1. The minimum atomic E-state index is -3.67. The lowest BCUT2D eigenvalue weighted by Gasteiger charge is -1.85. The van der Waals surface area contributed by atoms with Gasteiger partial charge in [0.05, 0.1) is 6.26 Å². The molecule has 1 aromatic carbocycles. The van der Waals surface area contributed by atoms with E-state index in [1.807, 2.05) is 12.1 Å². The maximum atomic E-state index is 9.19. The van der Waals surface area contributed by atoms with Gasteiger partial charge in [0.15, 0.2) is 0 Å². The lowest BCUT2D eigenvalue weighted by Crippen LogP contribution is -1.94. The Morgan fingerprint density at radius 2 is 1.94 bits per heavy atom. The molecule has 4 N–H and O–H groups in total. The Labute approximate surface area is 94.0 Å². The molecule has 0 amide bonds. The molecule has 2 rings (SSSR count). The van der Waals surface area contributed by atoms with Gasteiger partial charge < -0.3 is 10.7 Å². The van der Waals surface area contributed by atoms with E-state index in [1.54, 1.807) is 0 Å². The highest BCUT2D eigenvalue weighted by Crippen LogP contribution is 2.13. The summed E-state index contributed by atoms with van der Waals surface area (Å²) in [4.78, 5) is 3.22. The number of aromatic amines is 1. The minimum Gasteiger partial charge on any atom is -0.357 e. The average Bonchev–Trinajstić information content (AvgIpc) is 2.57. The Kier molecular flexibility index (Phi) is 4.05. The lowest BCUT2D eigenvalue weighted by atomic mass is 10.2. The Morgan fingerprint density at radius 3 is 2.44 bits per heavy atom. The summed E-state index contributed by atoms with van der Waals surface area (Å²) in [7, 11) is -3.67. The number of rotatable bonds is 1. The van der Waals surface area contributed by atoms with Gasteiger partial charge in [-0.15, -0.1) is 0 Å². The summed E-state index contributed by atoms with van der Waals surface area (Å²) in [5.41, 5.74) is 7.73. The third kappa shape index (κ3) is 4.43. The molecule has 0 aliphatic heterocycles. The van der Waals surface area contributed by atoms with Crippen molar-refractivity contribution < 1.29 is 13.0 Å². The highest BCUT2D eigenvalue weighted by Gasteiger charge is 1.95. The van der Waals surface area contributed by atoms with Crippen LogP contribution in [0, 0.1) is 0 Å². The van der Waals surface area contributed by atoms with Crippen LogP contribution in [0.4, 0.5) is 0 Å². The van der Waals surface area contributed by atoms with Crippen LogP contribution in [-0.4, -0.2) is 24.2 Å². The van der Waals surface area contributed by atoms with E-state index in [0.29, 0.717) is 12.8 Å². The summed E-state index contributed by atoms with van der Waals surface area (Å²) in [5.74, 6) is 0. The topological polar surface area (TPSA) is 96.2 Å². The van der Waals surface area contributed by atoms with Crippen LogP contribution in [0.3, 0.4) is 0 Å². The third-order valence-electron chi connectivity index (χ3n) is 1.81. The third-order valence-corrected chi connectivity index (χ3v) is 1.81. The second kappa shape index (κ2) is 5.11. The van der Waals surface area contributed by atoms with Crippen molar-refractivity contribution in [3.05, 3.63) is 36.0 Å². The molecule has 5 nitrogen and oxygen atoms in total. The normalized spacial score (nSPS) is 10.9. The molecule has 88 valence electrons. The number of fused-ring (bicyclic) bond motifs is 1. The second-order valence-electron chi connectivity index (χ2n) is 3.32. The Bertz CT molecular complexity index is 519. The molecule has 1 heterocycles. The monoisotopic (exact) mass is 242 g/mol. The standard InChI is InChI=1S/C9H10N2.CH4O3S/c10-6-8-5-7-3-1-2-4-9(7)11-8;1-5(2,3)4/h1-5,11H,6,10H2;1H3,(H,2,3,4). The molecule has 0 fully saturated rings. The zero-order valence-corrected chi connectivity index (χ0v) is 9.66. The van der Waals surface area contributed by atoms with E-state index in [0.717, 1.165) is 11.2 Å². The number of aromatic nitrogens is 1. The molecule has 0 unspecified atom stereocenters. The zero-order valence-electron chi connectivity index (χ0n) is 8.84. The van der Waals surface area contributed by atoms with Gasteiger partial charge in [-0.3, -0.25) is 4.55 Å². The van der Waals surface area contributed by atoms with E-state index < -0.39 is 10.1 Å². The summed E-state index contributed by atoms with van der Waals surface area (Å²) in [6, 6.07) is 10.2. The first-order chi connectivity index (χ1) is 7.40. The minimum absolute atomic E-state index is 0.578. The maximum absolute atomic E-state index is 9.19. The van der Waals surface area contributed by atoms with Gasteiger partial charge in [0, 0.05) is 17.8 Å². The van der Waals surface area contributed by atoms with Crippen molar-refractivity contribution in [1.29, 1.82) is 0 Å². The quantitative estimate of drug-likeness (QED) is 0.653. The van der Waals surface area contributed by atoms with Gasteiger partial charge in [-0.25, -0.2) is 0 Å². The van der Waals surface area contributed by atoms with Crippen LogP contribution < -0.4 is 5.73 Å². The predicted molar refractivity (Wildman–Crippen MR) is 63.7 cm³/mol. The molecule has 0 radical (unpaired) electrons. The number of nitrogens with two attached hydrogens (primary N) is 1. The Hall–Kier alpha value is -1.37. The fourth-order valence-electron chi connectivity index (χ4n) is 1.24. The van der Waals surface area contributed by atoms with E-state index in [-0.39, 0.29) is 0 Å². The van der Waals surface area contributed by atoms with Crippen molar-refractivity contribution in [3.8, 4) is 0 Å². The van der Waals surface area contributed by atoms with E-state index in [2.05, 4.69) is 23.2 Å². The fraction of sp³-hybridized carbons (Fsp3) is 0.200. The second-order valence-corrected chi connectivity index (χ2v) is 4.79. The predicted octanol–water partition coefficient (Wildman–Crippen LogP) is 1.13. The van der Waals surface area contributed by atoms with Crippen molar-refractivity contribution in [3.63, 3.8) is 0 Å². The molecule has 6 heteroatoms. The molecule has 0 spiro atoms. The number of nitrogens with one attached hydrogen (secondary N) is 1. The van der Waals surface area contributed by atoms with Crippen molar-refractivity contribution in [2.75, 3.05) is 6.26 Å². The highest BCUT2D eigenvalue weighted by molar-refractivity contribution is 7.85. The first-order valence-corrected chi connectivity index (χ1v) is 6.44. The molecule has 0 atom stereocenters.